The lowest BCUT2D eigenvalue weighted by Gasteiger charge is -2.31. The number of halogens is 3. The maximum atomic E-state index is 13.4. The Hall–Kier alpha value is -3.13. The van der Waals surface area contributed by atoms with E-state index in [-0.39, 0.29) is 5.58 Å². The number of carbonyl (C=O) groups excluding carboxylic acids is 1. The molecule has 0 bridgehead atoms. The first-order valence-corrected chi connectivity index (χ1v) is 7.88. The maximum absolute atomic E-state index is 13.4. The molecule has 0 saturated carbocycles. The Labute approximate surface area is 151 Å². The van der Waals surface area contributed by atoms with Crippen LogP contribution in [0.15, 0.2) is 69.9 Å². The fourth-order valence-electron chi connectivity index (χ4n) is 2.60. The van der Waals surface area contributed by atoms with Gasteiger partial charge in [0.2, 0.25) is 5.60 Å². The van der Waals surface area contributed by atoms with E-state index in [4.69, 9.17) is 4.42 Å². The Morgan fingerprint density at radius 2 is 1.67 bits per heavy atom. The highest BCUT2D eigenvalue weighted by Gasteiger charge is 2.55. The van der Waals surface area contributed by atoms with Crippen molar-refractivity contribution >= 4 is 16.9 Å². The summed E-state index contributed by atoms with van der Waals surface area (Å²) in [6.45, 7) is -1.16. The third-order valence-electron chi connectivity index (χ3n) is 4.11. The predicted molar refractivity (Wildman–Crippen MR) is 91.2 cm³/mol. The predicted octanol–water partition coefficient (Wildman–Crippen LogP) is 2.97. The van der Waals surface area contributed by atoms with Gasteiger partial charge in [-0.05, 0) is 17.7 Å². The zero-order chi connectivity index (χ0) is 19.7. The van der Waals surface area contributed by atoms with E-state index in [9.17, 15) is 27.9 Å². The second-order valence-corrected chi connectivity index (χ2v) is 5.89. The Morgan fingerprint density at radius 3 is 2.33 bits per heavy atom. The lowest BCUT2D eigenvalue weighted by atomic mass is 9.93. The third kappa shape index (κ3) is 3.56. The summed E-state index contributed by atoms with van der Waals surface area (Å²) in [5.41, 5.74) is -4.92. The maximum Gasteiger partial charge on any atom is 0.423 e. The van der Waals surface area contributed by atoms with Crippen LogP contribution in [0, 0.1) is 0 Å². The second kappa shape index (κ2) is 6.88. The topological polar surface area (TPSA) is 79.5 Å². The van der Waals surface area contributed by atoms with Crippen molar-refractivity contribution < 1.29 is 27.5 Å². The zero-order valence-corrected chi connectivity index (χ0v) is 13.8. The lowest BCUT2D eigenvalue weighted by Crippen LogP contribution is -2.51. The van der Waals surface area contributed by atoms with Crippen molar-refractivity contribution in [3.05, 3.63) is 82.2 Å². The van der Waals surface area contributed by atoms with E-state index in [2.05, 4.69) is 0 Å². The van der Waals surface area contributed by atoms with Crippen LogP contribution >= 0.6 is 0 Å². The first-order chi connectivity index (χ1) is 12.7. The summed E-state index contributed by atoms with van der Waals surface area (Å²) in [5, 5.41) is 12.6. The van der Waals surface area contributed by atoms with Crippen LogP contribution in [0.1, 0.15) is 15.9 Å². The fraction of sp³-hybridized carbons (Fsp3) is 0.158. The van der Waals surface area contributed by atoms with Crippen LogP contribution in [0.25, 0.3) is 11.0 Å². The van der Waals surface area contributed by atoms with Crippen molar-refractivity contribution in [1.29, 1.82) is 0 Å². The molecule has 0 spiro atoms. The summed E-state index contributed by atoms with van der Waals surface area (Å²) in [7, 11) is 0. The molecule has 3 aromatic rings. The summed E-state index contributed by atoms with van der Waals surface area (Å²) in [6.07, 6.45) is -5.05. The second-order valence-electron chi connectivity index (χ2n) is 5.89. The molecule has 8 heteroatoms. The molecule has 0 saturated heterocycles. The smallest absolute Gasteiger partial charge is 0.422 e. The van der Waals surface area contributed by atoms with Crippen molar-refractivity contribution in [2.75, 3.05) is 6.54 Å². The molecule has 0 fully saturated rings. The number of fused-ring (bicyclic) bond motifs is 1. The number of hydrogen-bond acceptors (Lipinski definition) is 4. The molecular weight excluding hydrogens is 363 g/mol. The van der Waals surface area contributed by atoms with Gasteiger partial charge in [0, 0.05) is 5.39 Å². The average molecular weight is 377 g/mol. The number of rotatable bonds is 4. The molecule has 140 valence electrons. The molecule has 1 amide bonds. The summed E-state index contributed by atoms with van der Waals surface area (Å²) < 4.78 is 45.3. The van der Waals surface area contributed by atoms with E-state index in [0.29, 0.717) is 5.39 Å². The summed E-state index contributed by atoms with van der Waals surface area (Å²) in [4.78, 5) is 24.2. The minimum absolute atomic E-state index is 0.245. The zero-order valence-electron chi connectivity index (χ0n) is 13.8. The number of benzene rings is 2. The molecule has 1 atom stereocenters. The molecule has 27 heavy (non-hydrogen) atoms. The Kier molecular flexibility index (Phi) is 4.75. The number of hydrogen-bond donors (Lipinski definition) is 2. The number of aliphatic hydroxyl groups is 1. The first kappa shape index (κ1) is 18.7. The van der Waals surface area contributed by atoms with Gasteiger partial charge in [-0.15, -0.1) is 0 Å². The summed E-state index contributed by atoms with van der Waals surface area (Å²) in [6, 6.07) is 14.0. The first-order valence-electron chi connectivity index (χ1n) is 7.88. The van der Waals surface area contributed by atoms with Crippen LogP contribution < -0.4 is 10.9 Å². The van der Waals surface area contributed by atoms with Gasteiger partial charge in [0.1, 0.15) is 11.1 Å². The molecule has 1 unspecified atom stereocenters. The lowest BCUT2D eigenvalue weighted by molar-refractivity contribution is -0.263. The van der Waals surface area contributed by atoms with E-state index >= 15 is 0 Å². The van der Waals surface area contributed by atoms with Gasteiger partial charge >= 0.3 is 11.8 Å². The Bertz CT molecular complexity index is 1030. The van der Waals surface area contributed by atoms with E-state index < -0.39 is 41.0 Å². The minimum atomic E-state index is -5.05. The molecule has 0 aliphatic rings. The molecule has 1 heterocycles. The monoisotopic (exact) mass is 377 g/mol. The molecular formula is C19H14F3NO4. The molecule has 0 aliphatic carbocycles. The molecule has 3 rings (SSSR count). The van der Waals surface area contributed by atoms with Crippen LogP contribution in [0.3, 0.4) is 0 Å². The Balaban J connectivity index is 1.89. The van der Waals surface area contributed by atoms with Gasteiger partial charge in [0.05, 0.1) is 6.54 Å². The van der Waals surface area contributed by atoms with Crippen molar-refractivity contribution in [1.82, 2.24) is 5.32 Å². The van der Waals surface area contributed by atoms with Gasteiger partial charge in [0.25, 0.3) is 5.91 Å². The van der Waals surface area contributed by atoms with E-state index in [0.717, 1.165) is 12.1 Å². The summed E-state index contributed by atoms with van der Waals surface area (Å²) >= 11 is 0. The number of nitrogens with one attached hydrogen (secondary N) is 1. The van der Waals surface area contributed by atoms with Crippen LogP contribution in [0.2, 0.25) is 0 Å². The SMILES string of the molecule is O=C(NCC(O)(c1ccccc1)C(F)(F)F)c1cc2ccccc2oc1=O. The highest BCUT2D eigenvalue weighted by atomic mass is 19.4. The molecule has 0 aliphatic heterocycles. The normalized spacial score (nSPS) is 13.9. The van der Waals surface area contributed by atoms with Crippen LogP contribution in [0.5, 0.6) is 0 Å². The quantitative estimate of drug-likeness (QED) is 0.685. The number of amides is 1. The Morgan fingerprint density at radius 1 is 1.04 bits per heavy atom. The molecule has 0 radical (unpaired) electrons. The van der Waals surface area contributed by atoms with Gasteiger partial charge < -0.3 is 14.8 Å². The average Bonchev–Trinajstić information content (AvgIpc) is 2.65. The van der Waals surface area contributed by atoms with Crippen molar-refractivity contribution in [2.24, 2.45) is 0 Å². The number of para-hydroxylation sites is 1. The minimum Gasteiger partial charge on any atom is -0.422 e. The van der Waals surface area contributed by atoms with Gasteiger partial charge in [0.15, 0.2) is 0 Å². The number of carbonyl (C=O) groups is 1. The van der Waals surface area contributed by atoms with E-state index in [1.807, 2.05) is 5.32 Å². The standard InChI is InChI=1S/C19H14F3NO4/c20-19(21,22)18(26,13-7-2-1-3-8-13)11-23-16(24)14-10-12-6-4-5-9-15(12)27-17(14)25/h1-10,26H,11H2,(H,23,24). The van der Waals surface area contributed by atoms with Gasteiger partial charge in [-0.3, -0.25) is 4.79 Å². The van der Waals surface area contributed by atoms with Gasteiger partial charge in [-0.1, -0.05) is 48.5 Å². The van der Waals surface area contributed by atoms with E-state index in [1.54, 1.807) is 18.2 Å². The van der Waals surface area contributed by atoms with Crippen molar-refractivity contribution in [3.8, 4) is 0 Å². The van der Waals surface area contributed by atoms with E-state index in [1.165, 1.54) is 30.3 Å². The highest BCUT2D eigenvalue weighted by molar-refractivity contribution is 5.96. The third-order valence-corrected chi connectivity index (χ3v) is 4.11. The van der Waals surface area contributed by atoms with Gasteiger partial charge in [-0.2, -0.15) is 13.2 Å². The molecule has 5 nitrogen and oxygen atoms in total. The van der Waals surface area contributed by atoms with Crippen molar-refractivity contribution in [3.63, 3.8) is 0 Å². The van der Waals surface area contributed by atoms with Crippen molar-refractivity contribution in [2.45, 2.75) is 11.8 Å². The largest absolute Gasteiger partial charge is 0.423 e. The number of alkyl halides is 3. The van der Waals surface area contributed by atoms with Gasteiger partial charge in [-0.25, -0.2) is 4.79 Å². The summed E-state index contributed by atoms with van der Waals surface area (Å²) in [5.74, 6) is -1.08. The molecule has 2 N–H and O–H groups in total. The molecule has 2 aromatic carbocycles. The van der Waals surface area contributed by atoms with Crippen LogP contribution in [-0.2, 0) is 5.60 Å². The highest BCUT2D eigenvalue weighted by Crippen LogP contribution is 2.38. The van der Waals surface area contributed by atoms with Crippen LogP contribution in [0.4, 0.5) is 13.2 Å². The van der Waals surface area contributed by atoms with Crippen LogP contribution in [-0.4, -0.2) is 23.7 Å². The fourth-order valence-corrected chi connectivity index (χ4v) is 2.60. The molecule has 1 aromatic heterocycles.